The van der Waals surface area contributed by atoms with E-state index in [-0.39, 0.29) is 24.2 Å². The van der Waals surface area contributed by atoms with Gasteiger partial charge in [0.05, 0.1) is 10.6 Å². The minimum atomic E-state index is 0. The smallest absolute Gasteiger partial charge is 0.229 e. The Morgan fingerprint density at radius 2 is 2.30 bits per heavy atom. The topological polar surface area (TPSA) is 54.0 Å². The lowest BCUT2D eigenvalue weighted by molar-refractivity contribution is -0.121. The van der Waals surface area contributed by atoms with E-state index in [9.17, 15) is 4.79 Å². The van der Waals surface area contributed by atoms with Crippen molar-refractivity contribution < 1.29 is 4.79 Å². The molecule has 0 aromatic carbocycles. The first kappa shape index (κ1) is 15.4. The van der Waals surface area contributed by atoms with Crippen LogP contribution in [0.3, 0.4) is 0 Å². The summed E-state index contributed by atoms with van der Waals surface area (Å²) < 4.78 is 0. The molecule has 2 aromatic rings. The largest absolute Gasteiger partial charge is 0.316 e. The molecule has 0 spiro atoms. The van der Waals surface area contributed by atoms with Crippen LogP contribution in [0.5, 0.6) is 0 Å². The number of nitrogens with one attached hydrogen (secondary N) is 2. The summed E-state index contributed by atoms with van der Waals surface area (Å²) in [6.45, 7) is 3.86. The van der Waals surface area contributed by atoms with Crippen LogP contribution in [0.2, 0.25) is 0 Å². The van der Waals surface area contributed by atoms with Gasteiger partial charge >= 0.3 is 0 Å². The molecule has 1 aliphatic heterocycles. The maximum absolute atomic E-state index is 12.1. The predicted molar refractivity (Wildman–Crippen MR) is 86.8 cm³/mol. The van der Waals surface area contributed by atoms with Crippen molar-refractivity contribution >= 4 is 46.1 Å². The fraction of sp³-hybridized carbons (Fsp3) is 0.385. The molecule has 1 aliphatic rings. The molecule has 3 heterocycles. The van der Waals surface area contributed by atoms with Crippen molar-refractivity contribution in [3.8, 4) is 10.6 Å². The van der Waals surface area contributed by atoms with Crippen molar-refractivity contribution in [1.82, 2.24) is 10.3 Å². The number of carbonyl (C=O) groups is 1. The lowest BCUT2D eigenvalue weighted by Crippen LogP contribution is -2.48. The summed E-state index contributed by atoms with van der Waals surface area (Å²) in [6, 6.07) is 4.04. The van der Waals surface area contributed by atoms with Gasteiger partial charge in [0.2, 0.25) is 5.91 Å². The molecule has 3 rings (SSSR count). The first-order valence-electron chi connectivity index (χ1n) is 6.25. The molecule has 1 atom stereocenters. The van der Waals surface area contributed by atoms with Crippen LogP contribution < -0.4 is 10.6 Å². The van der Waals surface area contributed by atoms with E-state index < -0.39 is 0 Å². The monoisotopic (exact) mass is 329 g/mol. The zero-order valence-corrected chi connectivity index (χ0v) is 13.4. The van der Waals surface area contributed by atoms with E-state index in [1.54, 1.807) is 11.3 Å². The Bertz CT molecular complexity index is 566. The third-order valence-electron chi connectivity index (χ3n) is 3.44. The maximum atomic E-state index is 12.1. The Kier molecular flexibility index (Phi) is 5.15. The molecular formula is C13H16ClN3OS2. The Hall–Kier alpha value is -0.950. The van der Waals surface area contributed by atoms with Gasteiger partial charge < -0.3 is 10.6 Å². The third kappa shape index (κ3) is 3.20. The highest BCUT2D eigenvalue weighted by atomic mass is 35.5. The minimum Gasteiger partial charge on any atom is -0.316 e. The van der Waals surface area contributed by atoms with Crippen molar-refractivity contribution in [2.75, 3.05) is 18.4 Å². The van der Waals surface area contributed by atoms with Crippen LogP contribution in [-0.2, 0) is 4.79 Å². The molecule has 7 heteroatoms. The highest BCUT2D eigenvalue weighted by molar-refractivity contribution is 7.16. The normalized spacial score (nSPS) is 16.1. The highest BCUT2D eigenvalue weighted by Gasteiger charge is 2.29. The molecule has 2 N–H and O–H groups in total. The number of amides is 1. The lowest BCUT2D eigenvalue weighted by Gasteiger charge is -2.31. The van der Waals surface area contributed by atoms with E-state index in [1.165, 1.54) is 11.3 Å². The molecule has 1 fully saturated rings. The number of nitrogens with zero attached hydrogens (tertiary/aromatic N) is 1. The van der Waals surface area contributed by atoms with Crippen LogP contribution in [0, 0.1) is 11.8 Å². The molecule has 4 nitrogen and oxygen atoms in total. The average molecular weight is 330 g/mol. The maximum Gasteiger partial charge on any atom is 0.229 e. The fourth-order valence-corrected chi connectivity index (χ4v) is 3.44. The first-order chi connectivity index (χ1) is 9.24. The molecule has 20 heavy (non-hydrogen) atoms. The summed E-state index contributed by atoms with van der Waals surface area (Å²) in [5.41, 5.74) is 0.938. The summed E-state index contributed by atoms with van der Waals surface area (Å²) in [5, 5.41) is 10.8. The molecule has 108 valence electrons. The van der Waals surface area contributed by atoms with Crippen LogP contribution in [0.25, 0.3) is 10.6 Å². The molecular weight excluding hydrogens is 314 g/mol. The van der Waals surface area contributed by atoms with E-state index in [0.29, 0.717) is 11.0 Å². The summed E-state index contributed by atoms with van der Waals surface area (Å²) in [7, 11) is 0. The van der Waals surface area contributed by atoms with Gasteiger partial charge in [0.15, 0.2) is 5.13 Å². The van der Waals surface area contributed by atoms with Crippen molar-refractivity contribution in [2.45, 2.75) is 6.92 Å². The van der Waals surface area contributed by atoms with Crippen molar-refractivity contribution in [3.05, 3.63) is 22.9 Å². The van der Waals surface area contributed by atoms with E-state index in [1.807, 2.05) is 29.8 Å². The van der Waals surface area contributed by atoms with Gasteiger partial charge in [-0.2, -0.15) is 0 Å². The fourth-order valence-electron chi connectivity index (χ4n) is 1.97. The van der Waals surface area contributed by atoms with Gasteiger partial charge in [0.1, 0.15) is 0 Å². The van der Waals surface area contributed by atoms with Gasteiger partial charge in [-0.05, 0) is 30.5 Å². The molecule has 1 amide bonds. The molecule has 0 bridgehead atoms. The number of aromatic nitrogens is 1. The van der Waals surface area contributed by atoms with Gasteiger partial charge in [-0.3, -0.25) is 4.79 Å². The van der Waals surface area contributed by atoms with E-state index >= 15 is 0 Å². The lowest BCUT2D eigenvalue weighted by atomic mass is 9.88. The minimum absolute atomic E-state index is 0. The number of carbonyl (C=O) groups excluding carboxylic acids is 1. The number of rotatable bonds is 4. The predicted octanol–water partition coefficient (Wildman–Crippen LogP) is 3.09. The number of thiophene rings is 1. The number of thiazole rings is 1. The van der Waals surface area contributed by atoms with Crippen molar-refractivity contribution in [2.24, 2.45) is 11.8 Å². The number of hydrogen-bond donors (Lipinski definition) is 2. The van der Waals surface area contributed by atoms with E-state index in [0.717, 1.165) is 23.7 Å². The van der Waals surface area contributed by atoms with Gasteiger partial charge in [0.25, 0.3) is 0 Å². The molecule has 2 aromatic heterocycles. The second kappa shape index (κ2) is 6.67. The average Bonchev–Trinajstić information content (AvgIpc) is 2.95. The van der Waals surface area contributed by atoms with Gasteiger partial charge in [-0.15, -0.1) is 35.1 Å². The van der Waals surface area contributed by atoms with Crippen LogP contribution in [0.15, 0.2) is 22.9 Å². The Morgan fingerprint density at radius 1 is 1.50 bits per heavy atom. The third-order valence-corrected chi connectivity index (χ3v) is 5.09. The van der Waals surface area contributed by atoms with Gasteiger partial charge in [0, 0.05) is 11.3 Å². The Morgan fingerprint density at radius 3 is 2.90 bits per heavy atom. The van der Waals surface area contributed by atoms with Crippen LogP contribution >= 0.6 is 35.1 Å². The molecule has 0 saturated carbocycles. The second-order valence-corrected chi connectivity index (χ2v) is 6.52. The summed E-state index contributed by atoms with van der Waals surface area (Å²) in [6.07, 6.45) is 0. The van der Waals surface area contributed by atoms with Crippen LogP contribution in [-0.4, -0.2) is 24.0 Å². The molecule has 1 unspecified atom stereocenters. The standard InChI is InChI=1S/C13H15N3OS2.ClH/c1-8(9-5-14-6-9)12(17)16-13-15-10(7-19-13)11-3-2-4-18-11;/h2-4,7-9,14H,5-6H2,1H3,(H,15,16,17);1H. The number of halogens is 1. The number of hydrogen-bond acceptors (Lipinski definition) is 5. The summed E-state index contributed by atoms with van der Waals surface area (Å²) in [4.78, 5) is 17.7. The molecule has 0 radical (unpaired) electrons. The van der Waals surface area contributed by atoms with Crippen molar-refractivity contribution in [1.29, 1.82) is 0 Å². The van der Waals surface area contributed by atoms with E-state index in [4.69, 9.17) is 0 Å². The van der Waals surface area contributed by atoms with Crippen molar-refractivity contribution in [3.63, 3.8) is 0 Å². The quantitative estimate of drug-likeness (QED) is 0.906. The molecule has 1 saturated heterocycles. The van der Waals surface area contributed by atoms with Gasteiger partial charge in [-0.25, -0.2) is 4.98 Å². The summed E-state index contributed by atoms with van der Waals surface area (Å²) in [5.74, 6) is 0.561. The molecule has 0 aliphatic carbocycles. The number of anilines is 1. The SMILES string of the molecule is CC(C(=O)Nc1nc(-c2cccs2)cs1)C1CNC1.Cl. The first-order valence-corrected chi connectivity index (χ1v) is 8.01. The van der Waals surface area contributed by atoms with Crippen LogP contribution in [0.4, 0.5) is 5.13 Å². The zero-order valence-electron chi connectivity index (χ0n) is 11.0. The van der Waals surface area contributed by atoms with Gasteiger partial charge in [-0.1, -0.05) is 13.0 Å². The van der Waals surface area contributed by atoms with E-state index in [2.05, 4.69) is 15.6 Å². The zero-order chi connectivity index (χ0) is 13.2. The second-order valence-electron chi connectivity index (χ2n) is 4.71. The Labute approximate surface area is 132 Å². The summed E-state index contributed by atoms with van der Waals surface area (Å²) >= 11 is 3.13. The highest BCUT2D eigenvalue weighted by Crippen LogP contribution is 2.28. The van der Waals surface area contributed by atoms with Crippen LogP contribution in [0.1, 0.15) is 6.92 Å². The Balaban J connectivity index is 0.00000147.